The van der Waals surface area contributed by atoms with Crippen LogP contribution in [0.4, 0.5) is 0 Å². The van der Waals surface area contributed by atoms with E-state index in [4.69, 9.17) is 23.9 Å². The molecule has 1 aliphatic rings. The summed E-state index contributed by atoms with van der Waals surface area (Å²) in [4.78, 5) is 9.69. The third-order valence-electron chi connectivity index (χ3n) is 7.63. The standard InChI is InChI=1S/C38H34N2O4/c1-41-36-22-31(15-17-34(36)43-26-28-10-5-3-6-11-28)33-19-20-38(40-33,24-30-14-9-21-39-25-30)32-16-18-35(37(23-32)42-2)44-27-29-12-7-4-8-13-29/h3-23,25H,24,26-27H2,1-2H3. The largest absolute Gasteiger partial charge is 0.493 e. The second-order valence-electron chi connectivity index (χ2n) is 10.6. The minimum absolute atomic E-state index is 0.451. The van der Waals surface area contributed by atoms with Crippen molar-refractivity contribution in [1.82, 2.24) is 4.98 Å². The molecule has 0 saturated heterocycles. The Morgan fingerprint density at radius 2 is 1.23 bits per heavy atom. The highest BCUT2D eigenvalue weighted by Crippen LogP contribution is 2.41. The maximum Gasteiger partial charge on any atom is 0.161 e. The summed E-state index contributed by atoms with van der Waals surface area (Å²) in [5, 5.41) is 0. The Hall–Kier alpha value is -5.36. The number of pyridine rings is 1. The second kappa shape index (κ2) is 13.3. The summed E-state index contributed by atoms with van der Waals surface area (Å²) in [5.41, 5.74) is 5.37. The summed E-state index contributed by atoms with van der Waals surface area (Å²) >= 11 is 0. The first kappa shape index (κ1) is 28.7. The number of allylic oxidation sites excluding steroid dienone is 1. The molecular formula is C38H34N2O4. The van der Waals surface area contributed by atoms with E-state index in [1.165, 1.54) is 0 Å². The van der Waals surface area contributed by atoms with Crippen LogP contribution in [-0.2, 0) is 25.2 Å². The highest BCUT2D eigenvalue weighted by Gasteiger charge is 2.34. The molecule has 220 valence electrons. The average molecular weight is 583 g/mol. The van der Waals surface area contributed by atoms with Gasteiger partial charge in [-0.25, -0.2) is 0 Å². The number of benzene rings is 4. The Morgan fingerprint density at radius 3 is 1.84 bits per heavy atom. The summed E-state index contributed by atoms with van der Waals surface area (Å²) in [5.74, 6) is 2.67. The van der Waals surface area contributed by atoms with Crippen molar-refractivity contribution >= 4 is 5.71 Å². The van der Waals surface area contributed by atoms with Crippen molar-refractivity contribution in [2.45, 2.75) is 25.2 Å². The Bertz CT molecular complexity index is 1750. The van der Waals surface area contributed by atoms with Gasteiger partial charge in [0.05, 0.1) is 19.9 Å². The van der Waals surface area contributed by atoms with Crippen LogP contribution < -0.4 is 18.9 Å². The molecule has 1 aliphatic heterocycles. The quantitative estimate of drug-likeness (QED) is 0.151. The molecule has 1 atom stereocenters. The molecule has 6 rings (SSSR count). The minimum atomic E-state index is -0.667. The number of ether oxygens (including phenoxy) is 4. The molecule has 0 aliphatic carbocycles. The second-order valence-corrected chi connectivity index (χ2v) is 10.6. The highest BCUT2D eigenvalue weighted by molar-refractivity contribution is 6.11. The van der Waals surface area contributed by atoms with E-state index in [0.717, 1.165) is 33.5 Å². The Labute approximate surface area is 258 Å². The van der Waals surface area contributed by atoms with Crippen LogP contribution in [0.2, 0.25) is 0 Å². The van der Waals surface area contributed by atoms with Crippen LogP contribution in [0.25, 0.3) is 0 Å². The number of aliphatic imine (C=N–C) groups is 1. The Balaban J connectivity index is 1.30. The lowest BCUT2D eigenvalue weighted by Gasteiger charge is -2.26. The van der Waals surface area contributed by atoms with E-state index in [2.05, 4.69) is 29.3 Å². The molecule has 1 aromatic heterocycles. The maximum atomic E-state index is 6.14. The van der Waals surface area contributed by atoms with E-state index in [-0.39, 0.29) is 0 Å². The topological polar surface area (TPSA) is 62.2 Å². The van der Waals surface area contributed by atoms with E-state index >= 15 is 0 Å². The van der Waals surface area contributed by atoms with E-state index in [1.807, 2.05) is 103 Å². The third kappa shape index (κ3) is 6.50. The van der Waals surface area contributed by atoms with Gasteiger partial charge in [0, 0.05) is 24.4 Å². The number of nitrogens with zero attached hydrogens (tertiary/aromatic N) is 2. The molecule has 6 nitrogen and oxygen atoms in total. The Morgan fingerprint density at radius 1 is 0.614 bits per heavy atom. The van der Waals surface area contributed by atoms with Gasteiger partial charge in [0.2, 0.25) is 0 Å². The average Bonchev–Trinajstić information content (AvgIpc) is 3.52. The number of hydrogen-bond donors (Lipinski definition) is 0. The predicted molar refractivity (Wildman–Crippen MR) is 173 cm³/mol. The number of rotatable bonds is 12. The van der Waals surface area contributed by atoms with Crippen molar-refractivity contribution in [2.75, 3.05) is 14.2 Å². The molecule has 2 heterocycles. The fourth-order valence-corrected chi connectivity index (χ4v) is 5.32. The lowest BCUT2D eigenvalue weighted by molar-refractivity contribution is 0.284. The van der Waals surface area contributed by atoms with E-state index in [1.54, 1.807) is 20.4 Å². The van der Waals surface area contributed by atoms with Gasteiger partial charge in [-0.2, -0.15) is 0 Å². The van der Waals surface area contributed by atoms with E-state index in [0.29, 0.717) is 42.6 Å². The molecule has 0 spiro atoms. The minimum Gasteiger partial charge on any atom is -0.493 e. The summed E-state index contributed by atoms with van der Waals surface area (Å²) in [6.45, 7) is 0.908. The van der Waals surface area contributed by atoms with Crippen LogP contribution in [0.3, 0.4) is 0 Å². The summed E-state index contributed by atoms with van der Waals surface area (Å²) in [6, 6.07) is 36.2. The molecule has 0 bridgehead atoms. The van der Waals surface area contributed by atoms with Crippen LogP contribution in [0.5, 0.6) is 23.0 Å². The van der Waals surface area contributed by atoms with Crippen LogP contribution in [0.1, 0.15) is 27.8 Å². The van der Waals surface area contributed by atoms with Crippen LogP contribution in [0, 0.1) is 0 Å². The highest BCUT2D eigenvalue weighted by atomic mass is 16.5. The molecule has 0 radical (unpaired) electrons. The number of hydrogen-bond acceptors (Lipinski definition) is 6. The van der Waals surface area contributed by atoms with Crippen molar-refractivity contribution < 1.29 is 18.9 Å². The zero-order chi connectivity index (χ0) is 30.2. The van der Waals surface area contributed by atoms with Crippen LogP contribution >= 0.6 is 0 Å². The fraction of sp³-hybridized carbons (Fsp3) is 0.158. The van der Waals surface area contributed by atoms with Crippen LogP contribution in [0.15, 0.2) is 139 Å². The van der Waals surface area contributed by atoms with Crippen LogP contribution in [-0.4, -0.2) is 24.9 Å². The SMILES string of the molecule is COc1cc(C2=NC(Cc3cccnc3)(c3ccc(OCc4ccccc4)c(OC)c3)C=C2)ccc1OCc1ccccc1. The van der Waals surface area contributed by atoms with Gasteiger partial charge in [-0.05, 0) is 64.7 Å². The zero-order valence-corrected chi connectivity index (χ0v) is 24.9. The first-order valence-electron chi connectivity index (χ1n) is 14.5. The molecule has 0 fully saturated rings. The fourth-order valence-electron chi connectivity index (χ4n) is 5.32. The van der Waals surface area contributed by atoms with Gasteiger partial charge in [0.1, 0.15) is 18.8 Å². The van der Waals surface area contributed by atoms with Crippen molar-refractivity contribution in [3.8, 4) is 23.0 Å². The van der Waals surface area contributed by atoms with Gasteiger partial charge in [-0.1, -0.05) is 78.9 Å². The molecule has 4 aromatic carbocycles. The molecule has 0 amide bonds. The summed E-state index contributed by atoms with van der Waals surface area (Å²) in [6.07, 6.45) is 8.52. The monoisotopic (exact) mass is 582 g/mol. The third-order valence-corrected chi connectivity index (χ3v) is 7.63. The van der Waals surface area contributed by atoms with Crippen molar-refractivity contribution in [3.05, 3.63) is 162 Å². The first-order valence-corrected chi connectivity index (χ1v) is 14.5. The van der Waals surface area contributed by atoms with Gasteiger partial charge in [-0.3, -0.25) is 9.98 Å². The van der Waals surface area contributed by atoms with Gasteiger partial charge >= 0.3 is 0 Å². The lowest BCUT2D eigenvalue weighted by Crippen LogP contribution is -2.23. The lowest BCUT2D eigenvalue weighted by atomic mass is 9.85. The zero-order valence-electron chi connectivity index (χ0n) is 24.9. The number of aromatic nitrogens is 1. The first-order chi connectivity index (χ1) is 21.7. The van der Waals surface area contributed by atoms with Gasteiger partial charge in [0.25, 0.3) is 0 Å². The smallest absolute Gasteiger partial charge is 0.161 e. The predicted octanol–water partition coefficient (Wildman–Crippen LogP) is 7.75. The van der Waals surface area contributed by atoms with Gasteiger partial charge in [-0.15, -0.1) is 0 Å². The van der Waals surface area contributed by atoms with Crippen molar-refractivity contribution in [1.29, 1.82) is 0 Å². The van der Waals surface area contributed by atoms with Gasteiger partial charge in [0.15, 0.2) is 23.0 Å². The Kier molecular flexibility index (Phi) is 8.69. The molecule has 0 saturated carbocycles. The van der Waals surface area contributed by atoms with Crippen molar-refractivity contribution in [3.63, 3.8) is 0 Å². The molecule has 6 heteroatoms. The molecule has 5 aromatic rings. The molecular weight excluding hydrogens is 548 g/mol. The molecule has 0 N–H and O–H groups in total. The van der Waals surface area contributed by atoms with Gasteiger partial charge < -0.3 is 18.9 Å². The summed E-state index contributed by atoms with van der Waals surface area (Å²) in [7, 11) is 3.32. The molecule has 1 unspecified atom stereocenters. The van der Waals surface area contributed by atoms with Crippen molar-refractivity contribution in [2.24, 2.45) is 4.99 Å². The summed E-state index contributed by atoms with van der Waals surface area (Å²) < 4.78 is 23.8. The molecule has 44 heavy (non-hydrogen) atoms. The normalized spacial score (nSPS) is 15.5. The number of methoxy groups -OCH3 is 2. The van der Waals surface area contributed by atoms with E-state index in [9.17, 15) is 0 Å². The van der Waals surface area contributed by atoms with E-state index < -0.39 is 5.54 Å². The maximum absolute atomic E-state index is 6.14.